The zero-order valence-corrected chi connectivity index (χ0v) is 14.8. The van der Waals surface area contributed by atoms with Gasteiger partial charge in [0.25, 0.3) is 5.82 Å². The lowest BCUT2D eigenvalue weighted by Crippen LogP contribution is -2.53. The average molecular weight is 345 g/mol. The average Bonchev–Trinajstić information content (AvgIpc) is 2.93. The molecule has 0 aromatic heterocycles. The monoisotopic (exact) mass is 345 g/mol. The van der Waals surface area contributed by atoms with Crippen molar-refractivity contribution in [1.29, 1.82) is 0 Å². The molecule has 1 aromatic rings. The van der Waals surface area contributed by atoms with E-state index in [1.165, 1.54) is 0 Å². The zero-order chi connectivity index (χ0) is 17.7. The number of carbonyl (C=O) groups is 1. The molecule has 1 atom stereocenters. The van der Waals surface area contributed by atoms with Crippen molar-refractivity contribution in [2.75, 3.05) is 46.4 Å². The number of benzene rings is 1. The molecule has 0 bridgehead atoms. The van der Waals surface area contributed by atoms with Crippen molar-refractivity contribution in [2.24, 2.45) is 5.10 Å². The van der Waals surface area contributed by atoms with Crippen LogP contribution in [0.1, 0.15) is 6.92 Å². The molecule has 0 spiro atoms. The molecule has 1 fully saturated rings. The van der Waals surface area contributed by atoms with Crippen LogP contribution in [0.4, 0.5) is 0 Å². The molecule has 7 nitrogen and oxygen atoms in total. The molecule has 0 amide bonds. The number of quaternary nitrogens is 1. The summed E-state index contributed by atoms with van der Waals surface area (Å²) >= 11 is 0. The van der Waals surface area contributed by atoms with E-state index in [2.05, 4.69) is 21.9 Å². The molecule has 0 radical (unpaired) electrons. The summed E-state index contributed by atoms with van der Waals surface area (Å²) in [4.78, 5) is 21.2. The molecule has 2 aliphatic rings. The van der Waals surface area contributed by atoms with Crippen LogP contribution in [0, 0.1) is 0 Å². The molecule has 1 aromatic carbocycles. The Kier molecular flexibility index (Phi) is 5.35. The van der Waals surface area contributed by atoms with Gasteiger partial charge in [0.05, 0.1) is 6.08 Å². The van der Waals surface area contributed by atoms with Gasteiger partial charge in [0.2, 0.25) is 0 Å². The summed E-state index contributed by atoms with van der Waals surface area (Å²) in [6, 6.07) is 9.60. The van der Waals surface area contributed by atoms with Crippen molar-refractivity contribution in [3.8, 4) is 5.75 Å². The SMILES string of the molecule is CC1=N[N+](CCOc2ccccc2)(OC=O)C(N2CCN(C)CC2)=C1. The number of hydrogen-bond donors (Lipinski definition) is 0. The molecule has 134 valence electrons. The van der Waals surface area contributed by atoms with Crippen LogP contribution in [0.3, 0.4) is 0 Å². The second-order valence-corrected chi connectivity index (χ2v) is 6.32. The van der Waals surface area contributed by atoms with E-state index in [4.69, 9.17) is 9.57 Å². The van der Waals surface area contributed by atoms with E-state index >= 15 is 0 Å². The van der Waals surface area contributed by atoms with Crippen LogP contribution in [-0.2, 0) is 9.63 Å². The first-order chi connectivity index (χ1) is 12.1. The van der Waals surface area contributed by atoms with Gasteiger partial charge in [-0.1, -0.05) is 18.2 Å². The lowest BCUT2D eigenvalue weighted by molar-refractivity contribution is -1.07. The van der Waals surface area contributed by atoms with Gasteiger partial charge in [0.1, 0.15) is 18.1 Å². The number of rotatable bonds is 7. The number of hydroxylamine groups is 2. The fourth-order valence-electron chi connectivity index (χ4n) is 3.14. The first-order valence-corrected chi connectivity index (χ1v) is 8.53. The van der Waals surface area contributed by atoms with Crippen molar-refractivity contribution in [3.05, 3.63) is 42.2 Å². The van der Waals surface area contributed by atoms with Crippen LogP contribution < -0.4 is 4.74 Å². The van der Waals surface area contributed by atoms with E-state index in [1.807, 2.05) is 43.3 Å². The quantitative estimate of drug-likeness (QED) is 0.553. The van der Waals surface area contributed by atoms with Crippen LogP contribution in [0.15, 0.2) is 47.3 Å². The van der Waals surface area contributed by atoms with Gasteiger partial charge in [-0.2, -0.15) is 0 Å². The number of para-hydroxylation sites is 1. The summed E-state index contributed by atoms with van der Waals surface area (Å²) in [6.07, 6.45) is 2.00. The molecular formula is C18H25N4O3+. The number of hydrogen-bond acceptors (Lipinski definition) is 6. The van der Waals surface area contributed by atoms with Crippen molar-refractivity contribution in [1.82, 2.24) is 9.80 Å². The van der Waals surface area contributed by atoms with Crippen molar-refractivity contribution >= 4 is 12.2 Å². The van der Waals surface area contributed by atoms with Crippen LogP contribution in [0.25, 0.3) is 0 Å². The Balaban J connectivity index is 1.72. The Bertz CT molecular complexity index is 654. The summed E-state index contributed by atoms with van der Waals surface area (Å²) in [5.74, 6) is 1.69. The van der Waals surface area contributed by atoms with Gasteiger partial charge in [-0.3, -0.25) is 0 Å². The molecule has 3 rings (SSSR count). The van der Waals surface area contributed by atoms with Crippen LogP contribution >= 0.6 is 0 Å². The third-order valence-electron chi connectivity index (χ3n) is 4.47. The van der Waals surface area contributed by atoms with Crippen molar-refractivity contribution < 1.29 is 19.1 Å². The van der Waals surface area contributed by atoms with Crippen LogP contribution in [0.2, 0.25) is 0 Å². The van der Waals surface area contributed by atoms with E-state index < -0.39 is 0 Å². The Morgan fingerprint density at radius 3 is 2.60 bits per heavy atom. The lowest BCUT2D eigenvalue weighted by Gasteiger charge is -2.37. The fourth-order valence-corrected chi connectivity index (χ4v) is 3.14. The molecule has 0 N–H and O–H groups in total. The minimum atomic E-state index is -0.189. The Morgan fingerprint density at radius 2 is 1.92 bits per heavy atom. The maximum Gasteiger partial charge on any atom is 0.359 e. The van der Waals surface area contributed by atoms with Crippen molar-refractivity contribution in [3.63, 3.8) is 0 Å². The second-order valence-electron chi connectivity index (χ2n) is 6.32. The second kappa shape index (κ2) is 7.67. The highest BCUT2D eigenvalue weighted by molar-refractivity contribution is 5.93. The van der Waals surface area contributed by atoms with E-state index in [0.717, 1.165) is 43.5 Å². The number of ether oxygens (including phenoxy) is 1. The summed E-state index contributed by atoms with van der Waals surface area (Å²) in [6.45, 7) is 6.90. The lowest BCUT2D eigenvalue weighted by atomic mass is 10.3. The van der Waals surface area contributed by atoms with Gasteiger partial charge in [-0.05, 0) is 31.2 Å². The first-order valence-electron chi connectivity index (χ1n) is 8.53. The molecule has 7 heteroatoms. The smallest absolute Gasteiger partial charge is 0.359 e. The number of allylic oxidation sites excluding steroid dienone is 1. The summed E-state index contributed by atoms with van der Waals surface area (Å²) in [5.41, 5.74) is 0.843. The third-order valence-corrected chi connectivity index (χ3v) is 4.47. The standard InChI is InChI=1S/C18H25N4O3/c1-16-14-18(21-10-8-20(2)9-11-21)22(19-16,25-15-23)12-13-24-17-6-4-3-5-7-17/h3-7,14-15H,8-13H2,1-2H3/q+1. The van der Waals surface area contributed by atoms with Gasteiger partial charge in [-0.15, -0.1) is 0 Å². The Morgan fingerprint density at radius 1 is 1.20 bits per heavy atom. The Hall–Kier alpha value is -2.38. The van der Waals surface area contributed by atoms with E-state index in [9.17, 15) is 4.79 Å². The molecular weight excluding hydrogens is 320 g/mol. The largest absolute Gasteiger partial charge is 0.487 e. The molecule has 1 saturated heterocycles. The number of carbonyl (C=O) groups excluding carboxylic acids is 1. The molecule has 0 aliphatic carbocycles. The molecule has 1 unspecified atom stereocenters. The summed E-state index contributed by atoms with van der Waals surface area (Å²) in [7, 11) is 2.11. The van der Waals surface area contributed by atoms with Crippen LogP contribution in [-0.4, -0.2) is 73.1 Å². The molecule has 2 heterocycles. The molecule has 2 aliphatic heterocycles. The van der Waals surface area contributed by atoms with Gasteiger partial charge < -0.3 is 14.5 Å². The van der Waals surface area contributed by atoms with Gasteiger partial charge >= 0.3 is 6.47 Å². The maximum absolute atomic E-state index is 11.2. The number of nitrogens with zero attached hydrogens (tertiary/aromatic N) is 4. The summed E-state index contributed by atoms with van der Waals surface area (Å²) < 4.78 is 5.60. The minimum Gasteiger partial charge on any atom is -0.487 e. The number of likely N-dealkylation sites (N-methyl/N-ethyl adjacent to an activating group) is 1. The molecule has 0 saturated carbocycles. The van der Waals surface area contributed by atoms with E-state index in [-0.39, 0.29) is 4.76 Å². The fraction of sp³-hybridized carbons (Fsp3) is 0.444. The Labute approximate surface area is 148 Å². The first kappa shape index (κ1) is 17.4. The third kappa shape index (κ3) is 4.00. The predicted molar refractivity (Wildman–Crippen MR) is 94.5 cm³/mol. The minimum absolute atomic E-state index is 0.189. The normalized spacial score (nSPS) is 23.8. The van der Waals surface area contributed by atoms with Crippen LogP contribution in [0.5, 0.6) is 5.75 Å². The van der Waals surface area contributed by atoms with Crippen molar-refractivity contribution in [2.45, 2.75) is 6.92 Å². The maximum atomic E-state index is 11.2. The summed E-state index contributed by atoms with van der Waals surface area (Å²) in [5, 5.41) is 4.59. The number of piperazine rings is 1. The zero-order valence-electron chi connectivity index (χ0n) is 14.8. The van der Waals surface area contributed by atoms with E-state index in [1.54, 1.807) is 0 Å². The topological polar surface area (TPSA) is 54.4 Å². The highest BCUT2D eigenvalue weighted by Gasteiger charge is 2.45. The highest BCUT2D eigenvalue weighted by Crippen LogP contribution is 2.29. The van der Waals surface area contributed by atoms with Gasteiger partial charge in [0.15, 0.2) is 6.54 Å². The van der Waals surface area contributed by atoms with Gasteiger partial charge in [-0.25, -0.2) is 9.63 Å². The predicted octanol–water partition coefficient (Wildman–Crippen LogP) is 1.45. The van der Waals surface area contributed by atoms with E-state index in [0.29, 0.717) is 19.6 Å². The molecule has 25 heavy (non-hydrogen) atoms. The van der Waals surface area contributed by atoms with Gasteiger partial charge in [0, 0.05) is 30.9 Å². The highest BCUT2D eigenvalue weighted by atomic mass is 16.8.